The Hall–Kier alpha value is -2.08. The third-order valence-corrected chi connectivity index (χ3v) is 4.50. The van der Waals surface area contributed by atoms with Gasteiger partial charge in [0.15, 0.2) is 0 Å². The van der Waals surface area contributed by atoms with Crippen LogP contribution >= 0.6 is 0 Å². The van der Waals surface area contributed by atoms with Crippen LogP contribution in [-0.4, -0.2) is 55.8 Å². The van der Waals surface area contributed by atoms with E-state index in [1.54, 1.807) is 12.0 Å². The lowest BCUT2D eigenvalue weighted by molar-refractivity contribution is -0.151. The first-order valence-corrected chi connectivity index (χ1v) is 7.58. The first kappa shape index (κ1) is 17.3. The highest BCUT2D eigenvalue weighted by Crippen LogP contribution is 2.33. The molecule has 6 heteroatoms. The fraction of sp³-hybridized carbons (Fsp3) is 0.529. The van der Waals surface area contributed by atoms with Crippen molar-refractivity contribution in [2.24, 2.45) is 5.41 Å². The molecule has 1 N–H and O–H groups in total. The summed E-state index contributed by atoms with van der Waals surface area (Å²) in [5.74, 6) is -0.638. The van der Waals surface area contributed by atoms with Gasteiger partial charge in [0.1, 0.15) is 11.2 Å². The van der Waals surface area contributed by atoms with Crippen LogP contribution < -0.4 is 4.74 Å². The summed E-state index contributed by atoms with van der Waals surface area (Å²) >= 11 is 0. The Balaban J connectivity index is 2.13. The van der Waals surface area contributed by atoms with E-state index in [1.165, 1.54) is 7.11 Å². The Morgan fingerprint density at radius 2 is 2.13 bits per heavy atom. The monoisotopic (exact) mass is 321 g/mol. The van der Waals surface area contributed by atoms with E-state index in [9.17, 15) is 14.7 Å². The van der Waals surface area contributed by atoms with Gasteiger partial charge in [-0.15, -0.1) is 0 Å². The Morgan fingerprint density at radius 1 is 1.39 bits per heavy atom. The normalized spacial score (nSPS) is 22.0. The number of hydrogen-bond donors (Lipinski definition) is 1. The third-order valence-electron chi connectivity index (χ3n) is 4.50. The molecular formula is C17H23NO5. The quantitative estimate of drug-likeness (QED) is 0.864. The number of rotatable bonds is 6. The molecule has 1 aliphatic rings. The second-order valence-electron chi connectivity index (χ2n) is 6.03. The molecule has 1 fully saturated rings. The molecule has 0 bridgehead atoms. The lowest BCUT2D eigenvalue weighted by Gasteiger charge is -2.25. The first-order valence-electron chi connectivity index (χ1n) is 7.58. The summed E-state index contributed by atoms with van der Waals surface area (Å²) in [6.07, 6.45) is 0.409. The highest BCUT2D eigenvalue weighted by molar-refractivity contribution is 5.85. The summed E-state index contributed by atoms with van der Waals surface area (Å²) in [7, 11) is 3.06. The molecule has 2 unspecified atom stereocenters. The van der Waals surface area contributed by atoms with Gasteiger partial charge in [0.2, 0.25) is 5.91 Å². The Morgan fingerprint density at radius 3 is 2.74 bits per heavy atom. The fourth-order valence-corrected chi connectivity index (χ4v) is 3.02. The number of carbonyl (C=O) groups is 2. The average Bonchev–Trinajstić information content (AvgIpc) is 2.99. The predicted molar refractivity (Wildman–Crippen MR) is 84.6 cm³/mol. The second kappa shape index (κ2) is 7.00. The molecule has 1 aromatic carbocycles. The van der Waals surface area contributed by atoms with E-state index in [1.807, 2.05) is 31.2 Å². The fourth-order valence-electron chi connectivity index (χ4n) is 3.02. The first-order chi connectivity index (χ1) is 10.9. The predicted octanol–water partition coefficient (Wildman–Crippen LogP) is 1.75. The standard InChI is InChI=1S/C17H23NO5/c1-12(13-5-4-6-14(9-13)23-3)15(19)18-8-7-17(10-18,11-22-2)16(20)21/h4-6,9,12H,7-8,10-11H2,1-3H3,(H,20,21). The van der Waals surface area contributed by atoms with E-state index in [-0.39, 0.29) is 25.0 Å². The van der Waals surface area contributed by atoms with Crippen LogP contribution in [0.5, 0.6) is 5.75 Å². The van der Waals surface area contributed by atoms with Crippen LogP contribution in [0.3, 0.4) is 0 Å². The summed E-state index contributed by atoms with van der Waals surface area (Å²) in [5, 5.41) is 9.48. The van der Waals surface area contributed by atoms with Crippen LogP contribution in [-0.2, 0) is 14.3 Å². The number of nitrogens with zero attached hydrogens (tertiary/aromatic N) is 1. The number of hydrogen-bond acceptors (Lipinski definition) is 4. The maximum Gasteiger partial charge on any atom is 0.313 e. The van der Waals surface area contributed by atoms with Gasteiger partial charge in [0.05, 0.1) is 19.6 Å². The molecule has 1 aromatic rings. The van der Waals surface area contributed by atoms with Gasteiger partial charge < -0.3 is 19.5 Å². The van der Waals surface area contributed by atoms with Gasteiger partial charge in [-0.3, -0.25) is 9.59 Å². The summed E-state index contributed by atoms with van der Waals surface area (Å²) in [6.45, 7) is 2.56. The molecule has 0 aliphatic carbocycles. The zero-order valence-corrected chi connectivity index (χ0v) is 13.7. The van der Waals surface area contributed by atoms with Gasteiger partial charge in [0.25, 0.3) is 0 Å². The molecule has 0 saturated carbocycles. The molecule has 6 nitrogen and oxygen atoms in total. The molecule has 23 heavy (non-hydrogen) atoms. The number of benzene rings is 1. The SMILES string of the molecule is COCC1(C(=O)O)CCN(C(=O)C(C)c2cccc(OC)c2)C1. The zero-order chi connectivity index (χ0) is 17.0. The van der Waals surface area contributed by atoms with Crippen molar-refractivity contribution >= 4 is 11.9 Å². The van der Waals surface area contributed by atoms with E-state index >= 15 is 0 Å². The minimum absolute atomic E-state index is 0.0718. The third kappa shape index (κ3) is 3.47. The molecule has 126 valence electrons. The number of likely N-dealkylation sites (tertiary alicyclic amines) is 1. The number of carbonyl (C=O) groups excluding carboxylic acids is 1. The van der Waals surface area contributed by atoms with Gasteiger partial charge >= 0.3 is 5.97 Å². The van der Waals surface area contributed by atoms with Crippen molar-refractivity contribution in [1.29, 1.82) is 0 Å². The summed E-state index contributed by atoms with van der Waals surface area (Å²) < 4.78 is 10.2. The average molecular weight is 321 g/mol. The van der Waals surface area contributed by atoms with Crippen LogP contribution in [0.1, 0.15) is 24.8 Å². The number of carboxylic acids is 1. The van der Waals surface area contributed by atoms with Crippen LogP contribution in [0.2, 0.25) is 0 Å². The summed E-state index contributed by atoms with van der Waals surface area (Å²) in [5.41, 5.74) is -0.146. The van der Waals surface area contributed by atoms with E-state index in [2.05, 4.69) is 0 Å². The Bertz CT molecular complexity index is 588. The minimum Gasteiger partial charge on any atom is -0.497 e. The lowest BCUT2D eigenvalue weighted by Crippen LogP contribution is -2.41. The zero-order valence-electron chi connectivity index (χ0n) is 13.7. The van der Waals surface area contributed by atoms with Crippen LogP contribution in [0.15, 0.2) is 24.3 Å². The topological polar surface area (TPSA) is 76.1 Å². The summed E-state index contributed by atoms with van der Waals surface area (Å²) in [4.78, 5) is 25.9. The van der Waals surface area contributed by atoms with Crippen LogP contribution in [0, 0.1) is 5.41 Å². The molecule has 0 aromatic heterocycles. The number of amides is 1. The molecule has 1 amide bonds. The molecule has 1 aliphatic heterocycles. The highest BCUT2D eigenvalue weighted by Gasteiger charge is 2.47. The van der Waals surface area contributed by atoms with Crippen molar-refractivity contribution in [3.63, 3.8) is 0 Å². The van der Waals surface area contributed by atoms with Crippen molar-refractivity contribution in [2.75, 3.05) is 33.9 Å². The van der Waals surface area contributed by atoms with Gasteiger partial charge in [-0.25, -0.2) is 0 Å². The van der Waals surface area contributed by atoms with Crippen molar-refractivity contribution in [1.82, 2.24) is 4.90 Å². The molecular weight excluding hydrogens is 298 g/mol. The van der Waals surface area contributed by atoms with Crippen molar-refractivity contribution in [3.05, 3.63) is 29.8 Å². The smallest absolute Gasteiger partial charge is 0.313 e. The van der Waals surface area contributed by atoms with E-state index < -0.39 is 11.4 Å². The molecule has 1 heterocycles. The number of methoxy groups -OCH3 is 2. The largest absolute Gasteiger partial charge is 0.497 e. The number of ether oxygens (including phenoxy) is 2. The molecule has 0 radical (unpaired) electrons. The second-order valence-corrected chi connectivity index (χ2v) is 6.03. The Kier molecular flexibility index (Phi) is 5.26. The van der Waals surface area contributed by atoms with Crippen molar-refractivity contribution in [3.8, 4) is 5.75 Å². The minimum atomic E-state index is -1.00. The van der Waals surface area contributed by atoms with Gasteiger partial charge in [-0.05, 0) is 31.0 Å². The van der Waals surface area contributed by atoms with Crippen molar-refractivity contribution < 1.29 is 24.2 Å². The molecule has 2 atom stereocenters. The van der Waals surface area contributed by atoms with Crippen LogP contribution in [0.25, 0.3) is 0 Å². The Labute approximate surface area is 136 Å². The summed E-state index contributed by atoms with van der Waals surface area (Å²) in [6, 6.07) is 7.37. The van der Waals surface area contributed by atoms with Gasteiger partial charge in [-0.2, -0.15) is 0 Å². The maximum absolute atomic E-state index is 12.7. The number of aliphatic carboxylic acids is 1. The van der Waals surface area contributed by atoms with Crippen molar-refractivity contribution in [2.45, 2.75) is 19.3 Å². The van der Waals surface area contributed by atoms with Crippen LogP contribution in [0.4, 0.5) is 0 Å². The van der Waals surface area contributed by atoms with E-state index in [4.69, 9.17) is 9.47 Å². The van der Waals surface area contributed by atoms with E-state index in [0.29, 0.717) is 18.7 Å². The maximum atomic E-state index is 12.7. The number of carboxylic acid groups (broad SMARTS) is 1. The highest BCUT2D eigenvalue weighted by atomic mass is 16.5. The van der Waals surface area contributed by atoms with Gasteiger partial charge in [0, 0.05) is 20.2 Å². The lowest BCUT2D eigenvalue weighted by atomic mass is 9.88. The van der Waals surface area contributed by atoms with E-state index in [0.717, 1.165) is 5.56 Å². The molecule has 0 spiro atoms. The molecule has 2 rings (SSSR count). The van der Waals surface area contributed by atoms with Gasteiger partial charge in [-0.1, -0.05) is 12.1 Å². The molecule has 1 saturated heterocycles.